The number of ether oxygens (including phenoxy) is 2. The summed E-state index contributed by atoms with van der Waals surface area (Å²) in [5, 5.41) is 25.9. The number of aliphatic hydroxyl groups excluding tert-OH is 2. The number of rotatable bonds is 10. The molecular formula is C15H24N5O10P. The molecule has 1 aliphatic heterocycles. The van der Waals surface area contributed by atoms with E-state index >= 15 is 0 Å². The molecule has 0 radical (unpaired) electrons. The van der Waals surface area contributed by atoms with Gasteiger partial charge >= 0.3 is 19.3 Å². The number of H-pyrrole nitrogens is 1. The van der Waals surface area contributed by atoms with Crippen LogP contribution in [0.25, 0.3) is 0 Å². The Morgan fingerprint density at radius 3 is 2.65 bits per heavy atom. The molecule has 1 aromatic rings. The number of carbonyl (C=O) groups is 1. The van der Waals surface area contributed by atoms with Gasteiger partial charge in [0, 0.05) is 4.95 Å². The lowest BCUT2D eigenvalue weighted by molar-refractivity contribution is -0.146. The average Bonchev–Trinajstić information content (AvgIpc) is 2.98. The van der Waals surface area contributed by atoms with Crippen LogP contribution < -0.4 is 16.3 Å². The van der Waals surface area contributed by atoms with E-state index in [0.717, 1.165) is 6.20 Å². The van der Waals surface area contributed by atoms with Crippen LogP contribution in [0, 0.1) is 10.8 Å². The molecule has 0 amide bonds. The van der Waals surface area contributed by atoms with Crippen molar-refractivity contribution in [3.63, 3.8) is 0 Å². The summed E-state index contributed by atoms with van der Waals surface area (Å²) in [6.45, 7) is 4.34. The number of nitrogens with one attached hydrogen (secondary N) is 2. The van der Waals surface area contributed by atoms with Gasteiger partial charge in [-0.1, -0.05) is 13.8 Å². The summed E-state index contributed by atoms with van der Waals surface area (Å²) in [6.07, 6.45) is -5.36. The molecule has 0 bridgehead atoms. The van der Waals surface area contributed by atoms with E-state index in [0.29, 0.717) is 4.68 Å². The maximum atomic E-state index is 12.5. The van der Waals surface area contributed by atoms with E-state index in [4.69, 9.17) is 14.0 Å². The molecule has 15 nitrogen and oxygen atoms in total. The van der Waals surface area contributed by atoms with Gasteiger partial charge in [0.15, 0.2) is 6.23 Å². The van der Waals surface area contributed by atoms with Crippen LogP contribution >= 0.6 is 7.67 Å². The van der Waals surface area contributed by atoms with Gasteiger partial charge in [-0.2, -0.15) is 9.78 Å². The molecule has 1 aliphatic rings. The first-order valence-corrected chi connectivity index (χ1v) is 10.8. The van der Waals surface area contributed by atoms with Gasteiger partial charge in [0.05, 0.1) is 13.2 Å². The second-order valence-electron chi connectivity index (χ2n) is 7.20. The van der Waals surface area contributed by atoms with Crippen molar-refractivity contribution >= 4 is 13.6 Å². The third-order valence-electron chi connectivity index (χ3n) is 4.11. The zero-order valence-electron chi connectivity index (χ0n) is 16.9. The summed E-state index contributed by atoms with van der Waals surface area (Å²) >= 11 is 0. The van der Waals surface area contributed by atoms with E-state index in [1.807, 2.05) is 18.8 Å². The van der Waals surface area contributed by atoms with Crippen LogP contribution in [-0.2, 0) is 23.4 Å². The minimum atomic E-state index is -4.45. The first-order chi connectivity index (χ1) is 14.5. The minimum absolute atomic E-state index is 0.0632. The topological polar surface area (TPSA) is 211 Å². The summed E-state index contributed by atoms with van der Waals surface area (Å²) in [4.78, 5) is 50.2. The molecule has 1 fully saturated rings. The smallest absolute Gasteiger partial charge is 0.424 e. The van der Waals surface area contributed by atoms with Gasteiger partial charge in [0.2, 0.25) is 0 Å². The Kier molecular flexibility index (Phi) is 8.34. The zero-order valence-corrected chi connectivity index (χ0v) is 17.8. The fourth-order valence-corrected chi connectivity index (χ4v) is 3.65. The molecule has 1 saturated heterocycles. The lowest BCUT2D eigenvalue weighted by Gasteiger charge is -2.20. The van der Waals surface area contributed by atoms with Crippen molar-refractivity contribution in [1.82, 2.24) is 19.9 Å². The summed E-state index contributed by atoms with van der Waals surface area (Å²) in [6, 6.07) is -1.20. The monoisotopic (exact) mass is 465 g/mol. The van der Waals surface area contributed by atoms with Gasteiger partial charge in [0.1, 0.15) is 30.6 Å². The Labute approximate surface area is 175 Å². The van der Waals surface area contributed by atoms with Gasteiger partial charge in [-0.05, 0) is 12.8 Å². The van der Waals surface area contributed by atoms with Crippen molar-refractivity contribution in [3.05, 3.63) is 31.9 Å². The fourth-order valence-electron chi connectivity index (χ4n) is 2.54. The molecule has 2 rings (SSSR count). The highest BCUT2D eigenvalue weighted by molar-refractivity contribution is 7.55. The predicted molar refractivity (Wildman–Crippen MR) is 103 cm³/mol. The molecule has 4 N–H and O–H groups in total. The van der Waals surface area contributed by atoms with Gasteiger partial charge in [-0.25, -0.2) is 14.4 Å². The first-order valence-electron chi connectivity index (χ1n) is 9.21. The van der Waals surface area contributed by atoms with E-state index < -0.39 is 62.1 Å². The Hall–Kier alpha value is -2.29. The zero-order chi connectivity index (χ0) is 23.3. The SMILES string of the molecule is CC(C)COC(=O)[C@H](C)NP(=O)(N=O)OCC1OC(n2ncc(=O)[nH]c2=O)C(O)C1O. The standard InChI is InChI=1S/C15H24N5O10P/c1-7(2)5-28-14(24)8(3)18-31(27,19-26)29-6-9-11(22)12(23)13(30-9)20-15(25)17-10(21)4-16-20/h4,7-9,11-13,22-23H,5-6H2,1-3H3,(H,18,27)(H,17,21,25)/t8-,9?,11?,12?,13?,31?/m0/s1. The van der Waals surface area contributed by atoms with Crippen molar-refractivity contribution in [2.75, 3.05) is 13.2 Å². The maximum absolute atomic E-state index is 12.5. The lowest BCUT2D eigenvalue weighted by atomic mass is 10.1. The average molecular weight is 465 g/mol. The Balaban J connectivity index is 2.02. The van der Waals surface area contributed by atoms with Gasteiger partial charge in [-0.15, -0.1) is 4.91 Å². The van der Waals surface area contributed by atoms with Crippen molar-refractivity contribution in [2.24, 2.45) is 10.9 Å². The van der Waals surface area contributed by atoms with Crippen LogP contribution in [0.2, 0.25) is 0 Å². The number of carbonyl (C=O) groups excluding carboxylic acids is 1. The summed E-state index contributed by atoms with van der Waals surface area (Å²) in [5.74, 6) is -0.717. The first kappa shape index (κ1) is 25.0. The number of esters is 1. The highest BCUT2D eigenvalue weighted by Crippen LogP contribution is 2.45. The fraction of sp³-hybridized carbons (Fsp3) is 0.733. The van der Waals surface area contributed by atoms with Crippen LogP contribution in [0.15, 0.2) is 20.7 Å². The molecule has 0 spiro atoms. The summed E-state index contributed by atoms with van der Waals surface area (Å²) in [7, 11) is -4.45. The quantitative estimate of drug-likeness (QED) is 0.179. The normalized spacial score (nSPS) is 26.4. The second-order valence-corrected chi connectivity index (χ2v) is 8.92. The molecule has 1 aromatic heterocycles. The summed E-state index contributed by atoms with van der Waals surface area (Å²) < 4.78 is 28.3. The van der Waals surface area contributed by atoms with E-state index in [1.54, 1.807) is 0 Å². The number of hydrogen-bond acceptors (Lipinski definition) is 11. The maximum Gasteiger partial charge on any atom is 0.424 e. The third-order valence-corrected chi connectivity index (χ3v) is 5.53. The van der Waals surface area contributed by atoms with E-state index in [2.05, 4.69) is 15.1 Å². The molecule has 0 aromatic carbocycles. The van der Waals surface area contributed by atoms with Crippen LogP contribution in [-0.4, -0.2) is 68.5 Å². The Morgan fingerprint density at radius 1 is 1.39 bits per heavy atom. The molecule has 16 heteroatoms. The molecule has 2 heterocycles. The molecule has 0 saturated carbocycles. The summed E-state index contributed by atoms with van der Waals surface area (Å²) in [5.41, 5.74) is -1.78. The van der Waals surface area contributed by atoms with Crippen molar-refractivity contribution in [2.45, 2.75) is 51.4 Å². The van der Waals surface area contributed by atoms with Crippen molar-refractivity contribution in [1.29, 1.82) is 0 Å². The van der Waals surface area contributed by atoms with E-state index in [9.17, 15) is 34.1 Å². The van der Waals surface area contributed by atoms with Crippen molar-refractivity contribution < 1.29 is 33.6 Å². The Bertz CT molecular complexity index is 949. The second kappa shape index (κ2) is 10.3. The number of nitrogens with zero attached hydrogens (tertiary/aromatic N) is 3. The van der Waals surface area contributed by atoms with Gasteiger partial charge in [-0.3, -0.25) is 19.1 Å². The Morgan fingerprint density at radius 2 is 2.06 bits per heavy atom. The number of aromatic amines is 1. The molecule has 0 aliphatic carbocycles. The molecule has 6 atom stereocenters. The van der Waals surface area contributed by atoms with Gasteiger partial charge < -0.3 is 19.7 Å². The van der Waals surface area contributed by atoms with E-state index in [-0.39, 0.29) is 12.5 Å². The number of aromatic nitrogens is 3. The predicted octanol–water partition coefficient (Wildman–Crippen LogP) is -1.38. The lowest BCUT2D eigenvalue weighted by Crippen LogP contribution is -2.39. The highest BCUT2D eigenvalue weighted by atomic mass is 31.2. The molecule has 174 valence electrons. The highest BCUT2D eigenvalue weighted by Gasteiger charge is 2.46. The molecular weight excluding hydrogens is 441 g/mol. The van der Waals surface area contributed by atoms with Crippen LogP contribution in [0.5, 0.6) is 0 Å². The molecule has 31 heavy (non-hydrogen) atoms. The van der Waals surface area contributed by atoms with E-state index in [1.165, 1.54) is 6.92 Å². The largest absolute Gasteiger partial charge is 0.464 e. The number of nitroso groups, excluding NO2 is 1. The molecule has 5 unspecified atom stereocenters. The van der Waals surface area contributed by atoms with Crippen LogP contribution in [0.3, 0.4) is 0 Å². The van der Waals surface area contributed by atoms with Gasteiger partial charge in [0.25, 0.3) is 5.56 Å². The number of hydrogen-bond donors (Lipinski definition) is 4. The third kappa shape index (κ3) is 6.35. The minimum Gasteiger partial charge on any atom is -0.464 e. The van der Waals surface area contributed by atoms with Crippen LogP contribution in [0.4, 0.5) is 0 Å². The van der Waals surface area contributed by atoms with Crippen LogP contribution in [0.1, 0.15) is 27.0 Å². The van der Waals surface area contributed by atoms with Crippen molar-refractivity contribution in [3.8, 4) is 0 Å². The number of aliphatic hydroxyl groups is 2.